The van der Waals surface area contributed by atoms with Crippen LogP contribution in [-0.4, -0.2) is 70.3 Å². The lowest BCUT2D eigenvalue weighted by Crippen LogP contribution is -2.65. The van der Waals surface area contributed by atoms with Crippen molar-refractivity contribution in [2.24, 2.45) is 0 Å². The molecular weight excluding hydrogens is 471 g/mol. The molecular formula is C18H21AlO9Si3. The molecule has 6 N–H and O–H groups in total. The maximum absolute atomic E-state index is 10.5. The first kappa shape index (κ1) is 24.1. The van der Waals surface area contributed by atoms with E-state index in [1.807, 2.05) is 0 Å². The smallest absolute Gasteiger partial charge is 0.454 e. The van der Waals surface area contributed by atoms with Gasteiger partial charge in [-0.2, -0.15) is 0 Å². The van der Waals surface area contributed by atoms with Gasteiger partial charge in [0.2, 0.25) is 0 Å². The van der Waals surface area contributed by atoms with E-state index in [0.29, 0.717) is 0 Å². The van der Waals surface area contributed by atoms with E-state index in [2.05, 4.69) is 0 Å². The highest BCUT2D eigenvalue weighted by Crippen LogP contribution is 2.12. The Morgan fingerprint density at radius 1 is 0.419 bits per heavy atom. The van der Waals surface area contributed by atoms with Gasteiger partial charge < -0.3 is 39.2 Å². The molecule has 9 nitrogen and oxygen atoms in total. The number of hydrogen-bond donors (Lipinski definition) is 6. The van der Waals surface area contributed by atoms with Gasteiger partial charge in [-0.25, -0.2) is 0 Å². The van der Waals surface area contributed by atoms with E-state index in [9.17, 15) is 28.8 Å². The summed E-state index contributed by atoms with van der Waals surface area (Å²) in [7, 11) is -13.9. The Labute approximate surface area is 187 Å². The van der Waals surface area contributed by atoms with E-state index in [-0.39, 0.29) is 15.6 Å². The Balaban J connectivity index is 1.90. The van der Waals surface area contributed by atoms with Gasteiger partial charge in [0, 0.05) is 15.6 Å². The molecule has 3 aromatic rings. The zero-order chi connectivity index (χ0) is 22.5. The normalized spacial score (nSPS) is 12.6. The molecule has 0 amide bonds. The average Bonchev–Trinajstić information content (AvgIpc) is 2.75. The minimum absolute atomic E-state index is 0.0467. The maximum atomic E-state index is 10.5. The van der Waals surface area contributed by atoms with Crippen LogP contribution in [0.3, 0.4) is 0 Å². The van der Waals surface area contributed by atoms with Crippen molar-refractivity contribution in [1.82, 2.24) is 0 Å². The van der Waals surface area contributed by atoms with Crippen LogP contribution in [0.1, 0.15) is 0 Å². The molecule has 0 aromatic heterocycles. The van der Waals surface area contributed by atoms with Crippen LogP contribution in [0.5, 0.6) is 0 Å². The fourth-order valence-corrected chi connectivity index (χ4v) is 11.3. The molecule has 0 aliphatic heterocycles. The summed E-state index contributed by atoms with van der Waals surface area (Å²) >= 11 is -3.93. The Morgan fingerprint density at radius 3 is 0.871 bits per heavy atom. The summed E-state index contributed by atoms with van der Waals surface area (Å²) in [6.45, 7) is 0. The van der Waals surface area contributed by atoms with Crippen molar-refractivity contribution in [1.29, 1.82) is 0 Å². The summed E-state index contributed by atoms with van der Waals surface area (Å²) in [6.07, 6.45) is 0. The van der Waals surface area contributed by atoms with Crippen LogP contribution < -0.4 is 15.6 Å². The van der Waals surface area contributed by atoms with Crippen LogP contribution in [0.2, 0.25) is 0 Å². The third-order valence-corrected chi connectivity index (χ3v) is 13.7. The predicted octanol–water partition coefficient (Wildman–Crippen LogP) is -2.49. The molecule has 0 unspecified atom stereocenters. The van der Waals surface area contributed by atoms with Gasteiger partial charge in [-0.3, -0.25) is 0 Å². The second-order valence-corrected chi connectivity index (χ2v) is 15.4. The monoisotopic (exact) mass is 492 g/mol. The zero-order valence-corrected chi connectivity index (χ0v) is 20.3. The Bertz CT molecular complexity index is 836. The van der Waals surface area contributed by atoms with Crippen molar-refractivity contribution >= 4 is 57.1 Å². The van der Waals surface area contributed by atoms with Crippen LogP contribution in [0.15, 0.2) is 91.0 Å². The van der Waals surface area contributed by atoms with E-state index in [1.165, 1.54) is 36.4 Å². The van der Waals surface area contributed by atoms with E-state index in [0.717, 1.165) is 0 Å². The lowest BCUT2D eigenvalue weighted by atomic mass is 10.4. The highest BCUT2D eigenvalue weighted by molar-refractivity contribution is 6.85. The molecule has 0 spiro atoms. The Morgan fingerprint density at radius 2 is 0.645 bits per heavy atom. The second-order valence-electron chi connectivity index (χ2n) is 6.57. The minimum atomic E-state index is -4.63. The summed E-state index contributed by atoms with van der Waals surface area (Å²) in [5.74, 6) is 0. The van der Waals surface area contributed by atoms with Crippen molar-refractivity contribution in [2.45, 2.75) is 0 Å². The molecule has 0 fully saturated rings. The van der Waals surface area contributed by atoms with Crippen LogP contribution in [0, 0.1) is 0 Å². The number of rotatable bonds is 9. The van der Waals surface area contributed by atoms with Gasteiger partial charge in [0.05, 0.1) is 0 Å². The molecule has 0 aliphatic rings. The highest BCUT2D eigenvalue weighted by atomic mass is 28.4. The van der Waals surface area contributed by atoms with Crippen LogP contribution >= 0.6 is 0 Å². The van der Waals surface area contributed by atoms with Crippen LogP contribution in [0.4, 0.5) is 0 Å². The fourth-order valence-electron chi connectivity index (χ4n) is 2.64. The van der Waals surface area contributed by atoms with Gasteiger partial charge in [-0.05, 0) is 0 Å². The van der Waals surface area contributed by atoms with E-state index >= 15 is 0 Å². The summed E-state index contributed by atoms with van der Waals surface area (Å²) in [4.78, 5) is 63.3. The Hall–Kier alpha value is -1.52. The molecule has 0 aliphatic carbocycles. The molecule has 0 heterocycles. The fraction of sp³-hybridized carbons (Fsp3) is 0. The summed E-state index contributed by atoms with van der Waals surface area (Å²) in [6, 6.07) is 22.9. The first-order valence-corrected chi connectivity index (χ1v) is 16.0. The van der Waals surface area contributed by atoms with Crippen molar-refractivity contribution in [3.63, 3.8) is 0 Å². The van der Waals surface area contributed by atoms with Crippen molar-refractivity contribution in [3.8, 4) is 0 Å². The van der Waals surface area contributed by atoms with Gasteiger partial charge in [-0.15, -0.1) is 0 Å². The summed E-state index contributed by atoms with van der Waals surface area (Å²) in [5.41, 5.74) is 0. The number of hydrogen-bond acceptors (Lipinski definition) is 9. The largest absolute Gasteiger partial charge is 0.881 e. The first-order chi connectivity index (χ1) is 14.6. The molecule has 162 valence electrons. The number of benzene rings is 3. The molecule has 0 saturated carbocycles. The van der Waals surface area contributed by atoms with Gasteiger partial charge in [-0.1, -0.05) is 91.0 Å². The van der Waals surface area contributed by atoms with Gasteiger partial charge in [0.15, 0.2) is 0 Å². The quantitative estimate of drug-likeness (QED) is 0.179. The first-order valence-electron chi connectivity index (χ1n) is 9.14. The molecule has 31 heavy (non-hydrogen) atoms. The summed E-state index contributed by atoms with van der Waals surface area (Å²) in [5, 5.41) is 0.140. The molecule has 13 heteroatoms. The van der Waals surface area contributed by atoms with Gasteiger partial charge >= 0.3 is 41.6 Å². The summed E-state index contributed by atoms with van der Waals surface area (Å²) < 4.78 is 15.9. The highest BCUT2D eigenvalue weighted by Gasteiger charge is 2.56. The maximum Gasteiger partial charge on any atom is 0.881 e. The van der Waals surface area contributed by atoms with E-state index < -0.39 is 41.6 Å². The standard InChI is InChI=1S/3C6H7O3Si.Al/c3*7-10(8,9)6-4-2-1-3-5-6;/h3*1-5,7-8H;/q3*-1;+3. The molecule has 3 aromatic carbocycles. The van der Waals surface area contributed by atoms with E-state index in [4.69, 9.17) is 10.4 Å². The SMILES string of the molecule is O[Si](O)([O][Al]([O][Si](O)(O)c1ccccc1)[O][Si](O)(O)c1ccccc1)c1ccccc1. The average molecular weight is 493 g/mol. The third kappa shape index (κ3) is 6.49. The predicted molar refractivity (Wildman–Crippen MR) is 118 cm³/mol. The molecule has 0 bridgehead atoms. The second kappa shape index (κ2) is 9.96. The molecule has 0 saturated heterocycles. The zero-order valence-electron chi connectivity index (χ0n) is 16.1. The lowest BCUT2D eigenvalue weighted by Gasteiger charge is -2.29. The van der Waals surface area contributed by atoms with Crippen molar-refractivity contribution in [3.05, 3.63) is 91.0 Å². The van der Waals surface area contributed by atoms with Crippen molar-refractivity contribution in [2.75, 3.05) is 0 Å². The molecule has 0 atom stereocenters. The van der Waals surface area contributed by atoms with E-state index in [1.54, 1.807) is 54.6 Å². The topological polar surface area (TPSA) is 149 Å². The van der Waals surface area contributed by atoms with Crippen molar-refractivity contribution < 1.29 is 39.2 Å². The molecule has 0 radical (unpaired) electrons. The lowest BCUT2D eigenvalue weighted by molar-refractivity contribution is 0.142. The minimum Gasteiger partial charge on any atom is -0.454 e. The van der Waals surface area contributed by atoms with Crippen LogP contribution in [0.25, 0.3) is 0 Å². The van der Waals surface area contributed by atoms with Crippen LogP contribution in [-0.2, 0) is 10.4 Å². The third-order valence-electron chi connectivity index (χ3n) is 4.23. The molecule has 3 rings (SSSR count). The van der Waals surface area contributed by atoms with Gasteiger partial charge in [0.1, 0.15) is 0 Å². The van der Waals surface area contributed by atoms with Gasteiger partial charge in [0.25, 0.3) is 0 Å². The Kier molecular flexibility index (Phi) is 7.75.